The molecule has 29 heavy (non-hydrogen) atoms. The third kappa shape index (κ3) is 4.36. The number of nitrogens with zero attached hydrogens (tertiary/aromatic N) is 3. The van der Waals surface area contributed by atoms with E-state index >= 15 is 0 Å². The highest BCUT2D eigenvalue weighted by atomic mass is 79.9. The summed E-state index contributed by atoms with van der Waals surface area (Å²) in [7, 11) is 0. The summed E-state index contributed by atoms with van der Waals surface area (Å²) in [5.74, 6) is -0.0217. The number of carbonyl (C=O) groups excluding carboxylic acids is 1. The minimum Gasteiger partial charge on any atom is -0.435 e. The van der Waals surface area contributed by atoms with Gasteiger partial charge in [-0.3, -0.25) is 9.78 Å². The Hall–Kier alpha value is -2.25. The lowest BCUT2D eigenvalue weighted by Gasteiger charge is -2.40. The quantitative estimate of drug-likeness (QED) is 0.664. The van der Waals surface area contributed by atoms with E-state index in [2.05, 4.69) is 20.9 Å². The van der Waals surface area contributed by atoms with Crippen molar-refractivity contribution < 1.29 is 19.2 Å². The Morgan fingerprint density at radius 3 is 2.45 bits per heavy atom. The number of anilines is 1. The molecule has 1 aliphatic heterocycles. The SMILES string of the molecule is CC(C)(C)[N+]1(C(=O)O)CC[C@@H](CN(C(=O)c2ccc(Br)cc2)c2cccnc2)C1. The van der Waals surface area contributed by atoms with Gasteiger partial charge in [0.25, 0.3) is 5.91 Å². The monoisotopic (exact) mass is 460 g/mol. The Morgan fingerprint density at radius 2 is 1.93 bits per heavy atom. The first-order valence-corrected chi connectivity index (χ1v) is 10.5. The predicted molar refractivity (Wildman–Crippen MR) is 116 cm³/mol. The van der Waals surface area contributed by atoms with E-state index in [9.17, 15) is 14.7 Å². The van der Waals surface area contributed by atoms with Gasteiger partial charge in [0.05, 0.1) is 25.0 Å². The molecule has 0 saturated carbocycles. The molecular weight excluding hydrogens is 434 g/mol. The molecule has 1 saturated heterocycles. The Kier molecular flexibility index (Phi) is 6.10. The largest absolute Gasteiger partial charge is 0.513 e. The number of hydrogen-bond acceptors (Lipinski definition) is 3. The molecule has 6 nitrogen and oxygen atoms in total. The third-order valence-electron chi connectivity index (χ3n) is 5.87. The number of rotatable bonds is 4. The van der Waals surface area contributed by atoms with E-state index < -0.39 is 11.6 Å². The van der Waals surface area contributed by atoms with Crippen LogP contribution >= 0.6 is 15.9 Å². The molecule has 0 bridgehead atoms. The highest BCUT2D eigenvalue weighted by Crippen LogP contribution is 2.35. The van der Waals surface area contributed by atoms with Crippen LogP contribution in [0.15, 0.2) is 53.3 Å². The maximum absolute atomic E-state index is 13.3. The van der Waals surface area contributed by atoms with Crippen LogP contribution in [0.25, 0.3) is 0 Å². The highest BCUT2D eigenvalue weighted by molar-refractivity contribution is 9.10. The molecule has 1 unspecified atom stereocenters. The molecule has 7 heteroatoms. The lowest BCUT2D eigenvalue weighted by molar-refractivity contribution is -0.893. The molecule has 2 aromatic rings. The molecule has 2 heterocycles. The van der Waals surface area contributed by atoms with Gasteiger partial charge in [-0.25, -0.2) is 4.48 Å². The molecule has 0 aliphatic carbocycles. The molecule has 2 amide bonds. The van der Waals surface area contributed by atoms with Crippen LogP contribution in [0.1, 0.15) is 37.6 Å². The van der Waals surface area contributed by atoms with Crippen molar-refractivity contribution >= 4 is 33.6 Å². The van der Waals surface area contributed by atoms with Crippen LogP contribution in [0.2, 0.25) is 0 Å². The number of carboxylic acid groups (broad SMARTS) is 1. The normalized spacial score (nSPS) is 21.7. The van der Waals surface area contributed by atoms with Gasteiger partial charge in [0.15, 0.2) is 0 Å². The number of hydrogen-bond donors (Lipinski definition) is 1. The van der Waals surface area contributed by atoms with Crippen molar-refractivity contribution in [2.24, 2.45) is 5.92 Å². The number of benzene rings is 1. The average molecular weight is 461 g/mol. The molecule has 3 rings (SSSR count). The number of aromatic nitrogens is 1. The molecule has 1 N–H and O–H groups in total. The first kappa shape index (κ1) is 21.5. The van der Waals surface area contributed by atoms with Crippen molar-refractivity contribution in [2.75, 3.05) is 24.5 Å². The highest BCUT2D eigenvalue weighted by Gasteiger charge is 2.53. The van der Waals surface area contributed by atoms with Crippen molar-refractivity contribution in [3.8, 4) is 0 Å². The van der Waals surface area contributed by atoms with Gasteiger partial charge in [0.1, 0.15) is 5.54 Å². The average Bonchev–Trinajstić information content (AvgIpc) is 3.12. The van der Waals surface area contributed by atoms with Gasteiger partial charge in [0.2, 0.25) is 0 Å². The minimum absolute atomic E-state index is 0.0189. The van der Waals surface area contributed by atoms with Crippen LogP contribution in [0.3, 0.4) is 0 Å². The minimum atomic E-state index is -0.799. The van der Waals surface area contributed by atoms with Gasteiger partial charge in [-0.2, -0.15) is 4.79 Å². The molecule has 0 spiro atoms. The molecule has 0 radical (unpaired) electrons. The van der Waals surface area contributed by atoms with Crippen molar-refractivity contribution in [2.45, 2.75) is 32.7 Å². The van der Waals surface area contributed by atoms with Crippen LogP contribution in [-0.2, 0) is 0 Å². The van der Waals surface area contributed by atoms with Crippen molar-refractivity contribution in [1.82, 2.24) is 4.98 Å². The summed E-state index contributed by atoms with van der Waals surface area (Å²) >= 11 is 3.40. The first-order valence-electron chi connectivity index (χ1n) is 9.72. The second-order valence-electron chi connectivity index (χ2n) is 8.62. The van der Waals surface area contributed by atoms with Gasteiger partial charge in [-0.05, 0) is 57.2 Å². The topological polar surface area (TPSA) is 70.5 Å². The number of pyridine rings is 1. The smallest absolute Gasteiger partial charge is 0.435 e. The van der Waals surface area contributed by atoms with Gasteiger partial charge in [-0.1, -0.05) is 15.9 Å². The van der Waals surface area contributed by atoms with Gasteiger partial charge >= 0.3 is 6.09 Å². The van der Waals surface area contributed by atoms with Gasteiger partial charge in [0, 0.05) is 35.1 Å². The zero-order valence-electron chi connectivity index (χ0n) is 17.0. The van der Waals surface area contributed by atoms with E-state index in [1.54, 1.807) is 35.5 Å². The Bertz CT molecular complexity index is 880. The van der Waals surface area contributed by atoms with E-state index in [4.69, 9.17) is 0 Å². The number of halogens is 1. The molecule has 154 valence electrons. The predicted octanol–water partition coefficient (Wildman–Crippen LogP) is 4.80. The van der Waals surface area contributed by atoms with Gasteiger partial charge in [-0.15, -0.1) is 0 Å². The Labute approximate surface area is 179 Å². The summed E-state index contributed by atoms with van der Waals surface area (Å²) in [6.07, 6.45) is 3.31. The lowest BCUT2D eigenvalue weighted by atomic mass is 10.0. The van der Waals surface area contributed by atoms with E-state index in [1.165, 1.54) is 0 Å². The third-order valence-corrected chi connectivity index (χ3v) is 6.40. The van der Waals surface area contributed by atoms with E-state index in [0.29, 0.717) is 25.2 Å². The van der Waals surface area contributed by atoms with Crippen molar-refractivity contribution in [1.29, 1.82) is 0 Å². The summed E-state index contributed by atoms with van der Waals surface area (Å²) in [4.78, 5) is 31.3. The number of quaternary nitrogens is 1. The van der Waals surface area contributed by atoms with Crippen molar-refractivity contribution in [3.05, 3.63) is 58.8 Å². The number of amides is 2. The first-order chi connectivity index (χ1) is 13.6. The Balaban J connectivity index is 1.88. The zero-order valence-corrected chi connectivity index (χ0v) is 18.6. The van der Waals surface area contributed by atoms with E-state index in [0.717, 1.165) is 16.6 Å². The summed E-state index contributed by atoms with van der Waals surface area (Å²) in [6, 6.07) is 10.9. The van der Waals surface area contributed by atoms with Crippen LogP contribution in [0, 0.1) is 5.92 Å². The zero-order chi connectivity index (χ0) is 21.2. The van der Waals surface area contributed by atoms with Crippen LogP contribution in [-0.4, -0.2) is 51.7 Å². The molecule has 1 fully saturated rings. The molecule has 1 aromatic carbocycles. The maximum atomic E-state index is 13.3. The second kappa shape index (κ2) is 8.24. The number of carbonyl (C=O) groups is 2. The summed E-state index contributed by atoms with van der Waals surface area (Å²) in [6.45, 7) is 7.43. The Morgan fingerprint density at radius 1 is 1.24 bits per heavy atom. The molecule has 1 aromatic heterocycles. The molecule has 1 aliphatic rings. The van der Waals surface area contributed by atoms with E-state index in [1.807, 2.05) is 39.0 Å². The van der Waals surface area contributed by atoms with Crippen LogP contribution < -0.4 is 4.90 Å². The van der Waals surface area contributed by atoms with E-state index in [-0.39, 0.29) is 16.3 Å². The molecule has 2 atom stereocenters. The van der Waals surface area contributed by atoms with Gasteiger partial charge < -0.3 is 10.0 Å². The second-order valence-corrected chi connectivity index (χ2v) is 9.53. The fourth-order valence-corrected chi connectivity index (χ4v) is 4.34. The number of likely N-dealkylation sites (tertiary alicyclic amines) is 1. The summed E-state index contributed by atoms with van der Waals surface area (Å²) < 4.78 is 0.928. The van der Waals surface area contributed by atoms with Crippen LogP contribution in [0.5, 0.6) is 0 Å². The lowest BCUT2D eigenvalue weighted by Crippen LogP contribution is -2.62. The fraction of sp³-hybridized carbons (Fsp3) is 0.409. The fourth-order valence-electron chi connectivity index (χ4n) is 4.07. The molecular formula is C22H27BrN3O3+. The summed E-state index contributed by atoms with van der Waals surface area (Å²) in [5, 5.41) is 9.96. The van der Waals surface area contributed by atoms with Crippen LogP contribution in [0.4, 0.5) is 10.5 Å². The summed E-state index contributed by atoms with van der Waals surface area (Å²) in [5.41, 5.74) is 0.900. The maximum Gasteiger partial charge on any atom is 0.513 e. The van der Waals surface area contributed by atoms with Crippen molar-refractivity contribution in [3.63, 3.8) is 0 Å². The standard InChI is InChI=1S/C22H26BrN3O3/c1-22(2,3)26(21(28)29)12-10-16(15-26)14-25(19-5-4-11-24-13-19)20(27)17-6-8-18(23)9-7-17/h4-9,11,13,16H,10,12,14-15H2,1-3H3/p+1/t16-,26?/m0/s1.